The van der Waals surface area contributed by atoms with E-state index in [1.54, 1.807) is 6.07 Å². The largest absolute Gasteiger partial charge is 0.416 e. The van der Waals surface area contributed by atoms with Crippen molar-refractivity contribution in [1.82, 2.24) is 0 Å². The molecule has 0 saturated carbocycles. The lowest BCUT2D eigenvalue weighted by Crippen LogP contribution is -2.25. The van der Waals surface area contributed by atoms with Gasteiger partial charge in [-0.05, 0) is 17.7 Å². The molecule has 2 N–H and O–H groups in total. The van der Waals surface area contributed by atoms with Gasteiger partial charge in [-0.3, -0.25) is 0 Å². The van der Waals surface area contributed by atoms with Crippen LogP contribution >= 0.6 is 0 Å². The van der Waals surface area contributed by atoms with Gasteiger partial charge >= 0.3 is 6.18 Å². The Bertz CT molecular complexity index is 518. The minimum absolute atomic E-state index is 0.0361. The summed E-state index contributed by atoms with van der Waals surface area (Å²) in [4.78, 5) is 0. The molecule has 0 bridgehead atoms. The monoisotopic (exact) mass is 255 g/mol. The molecular weight excluding hydrogens is 243 g/mol. The zero-order chi connectivity index (χ0) is 13.3. The van der Waals surface area contributed by atoms with Crippen LogP contribution < -0.4 is 5.73 Å². The number of benzene rings is 1. The molecule has 96 valence electrons. The van der Waals surface area contributed by atoms with Crippen LogP contribution in [0.1, 0.15) is 24.5 Å². The van der Waals surface area contributed by atoms with Gasteiger partial charge in [0.05, 0.1) is 11.3 Å². The zero-order valence-electron chi connectivity index (χ0n) is 9.70. The van der Waals surface area contributed by atoms with Gasteiger partial charge < -0.3 is 5.73 Å². The van der Waals surface area contributed by atoms with Crippen molar-refractivity contribution in [2.75, 3.05) is 0 Å². The van der Waals surface area contributed by atoms with Gasteiger partial charge in [-0.2, -0.15) is 18.3 Å². The fourth-order valence-electron chi connectivity index (χ4n) is 1.86. The summed E-state index contributed by atoms with van der Waals surface area (Å²) < 4.78 is 37.8. The first-order chi connectivity index (χ1) is 8.38. The SMILES string of the molecule is CC1CC(N)=NN=C1c1cccc(C(F)(F)F)c1. The second kappa shape index (κ2) is 4.44. The van der Waals surface area contributed by atoms with E-state index in [-0.39, 0.29) is 5.92 Å². The number of amidine groups is 1. The summed E-state index contributed by atoms with van der Waals surface area (Å²) in [6.07, 6.45) is -3.84. The Balaban J connectivity index is 2.41. The lowest BCUT2D eigenvalue weighted by Gasteiger charge is -2.18. The standard InChI is InChI=1S/C12H12F3N3/c1-7-5-10(16)17-18-11(7)8-3-2-4-9(6-8)12(13,14)15/h2-4,6-7H,5H2,1H3,(H2,16,17). The maximum Gasteiger partial charge on any atom is 0.416 e. The van der Waals surface area contributed by atoms with E-state index < -0.39 is 11.7 Å². The van der Waals surface area contributed by atoms with E-state index >= 15 is 0 Å². The normalized spacial score (nSPS) is 20.3. The summed E-state index contributed by atoms with van der Waals surface area (Å²) in [7, 11) is 0. The van der Waals surface area contributed by atoms with E-state index in [2.05, 4.69) is 10.2 Å². The number of hydrogen-bond acceptors (Lipinski definition) is 3. The molecular formula is C12H12F3N3. The van der Waals surface area contributed by atoms with Crippen molar-refractivity contribution < 1.29 is 13.2 Å². The van der Waals surface area contributed by atoms with Gasteiger partial charge in [0, 0.05) is 12.3 Å². The smallest absolute Gasteiger partial charge is 0.386 e. The molecule has 6 heteroatoms. The number of hydrogen-bond donors (Lipinski definition) is 1. The van der Waals surface area contributed by atoms with Crippen LogP contribution in [0.25, 0.3) is 0 Å². The summed E-state index contributed by atoms with van der Waals surface area (Å²) >= 11 is 0. The van der Waals surface area contributed by atoms with Gasteiger partial charge in [-0.1, -0.05) is 19.1 Å². The minimum atomic E-state index is -4.35. The van der Waals surface area contributed by atoms with Crippen molar-refractivity contribution in [3.8, 4) is 0 Å². The molecule has 2 rings (SSSR count). The minimum Gasteiger partial charge on any atom is -0.386 e. The Kier molecular flexibility index (Phi) is 3.11. The van der Waals surface area contributed by atoms with Crippen LogP contribution in [0.5, 0.6) is 0 Å². The Hall–Kier alpha value is -1.85. The second-order valence-electron chi connectivity index (χ2n) is 4.26. The maximum atomic E-state index is 12.6. The summed E-state index contributed by atoms with van der Waals surface area (Å²) in [6.45, 7) is 1.86. The summed E-state index contributed by atoms with van der Waals surface area (Å²) in [5, 5.41) is 7.63. The highest BCUT2D eigenvalue weighted by atomic mass is 19.4. The van der Waals surface area contributed by atoms with Crippen molar-refractivity contribution in [3.05, 3.63) is 35.4 Å². The molecule has 1 heterocycles. The van der Waals surface area contributed by atoms with E-state index in [0.717, 1.165) is 12.1 Å². The van der Waals surface area contributed by atoms with E-state index in [0.29, 0.717) is 23.5 Å². The molecule has 1 atom stereocenters. The molecule has 3 nitrogen and oxygen atoms in total. The van der Waals surface area contributed by atoms with Crippen molar-refractivity contribution in [1.29, 1.82) is 0 Å². The highest BCUT2D eigenvalue weighted by Crippen LogP contribution is 2.30. The third kappa shape index (κ3) is 2.52. The van der Waals surface area contributed by atoms with Crippen molar-refractivity contribution in [2.45, 2.75) is 19.5 Å². The molecule has 0 aliphatic carbocycles. The third-order valence-electron chi connectivity index (χ3n) is 2.75. The van der Waals surface area contributed by atoms with Crippen molar-refractivity contribution in [3.63, 3.8) is 0 Å². The number of rotatable bonds is 1. The van der Waals surface area contributed by atoms with Gasteiger partial charge in [0.1, 0.15) is 5.84 Å². The van der Waals surface area contributed by atoms with Crippen LogP contribution in [0, 0.1) is 5.92 Å². The Labute approximate surface area is 102 Å². The molecule has 18 heavy (non-hydrogen) atoms. The lowest BCUT2D eigenvalue weighted by molar-refractivity contribution is -0.137. The zero-order valence-corrected chi connectivity index (χ0v) is 9.70. The van der Waals surface area contributed by atoms with Crippen LogP contribution in [0.15, 0.2) is 34.5 Å². The van der Waals surface area contributed by atoms with Gasteiger partial charge in [0.2, 0.25) is 0 Å². The molecule has 0 radical (unpaired) electrons. The van der Waals surface area contributed by atoms with Gasteiger partial charge in [0.25, 0.3) is 0 Å². The Morgan fingerprint density at radius 3 is 2.61 bits per heavy atom. The Morgan fingerprint density at radius 2 is 2.00 bits per heavy atom. The van der Waals surface area contributed by atoms with Crippen molar-refractivity contribution in [2.24, 2.45) is 21.9 Å². The average Bonchev–Trinajstić information content (AvgIpc) is 2.28. The molecule has 1 aliphatic heterocycles. The Morgan fingerprint density at radius 1 is 1.28 bits per heavy atom. The number of halogens is 3. The average molecular weight is 255 g/mol. The van der Waals surface area contributed by atoms with Crippen molar-refractivity contribution >= 4 is 11.5 Å². The molecule has 0 aromatic heterocycles. The second-order valence-corrected chi connectivity index (χ2v) is 4.26. The van der Waals surface area contributed by atoms with E-state index in [1.165, 1.54) is 6.07 Å². The topological polar surface area (TPSA) is 50.7 Å². The molecule has 1 aliphatic rings. The first-order valence-corrected chi connectivity index (χ1v) is 5.45. The van der Waals surface area contributed by atoms with Gasteiger partial charge in [0.15, 0.2) is 0 Å². The fourth-order valence-corrected chi connectivity index (χ4v) is 1.86. The number of alkyl halides is 3. The first-order valence-electron chi connectivity index (χ1n) is 5.45. The number of nitrogens with two attached hydrogens (primary N) is 1. The molecule has 0 amide bonds. The van der Waals surface area contributed by atoms with E-state index in [4.69, 9.17) is 5.73 Å². The van der Waals surface area contributed by atoms with Crippen LogP contribution in [-0.4, -0.2) is 11.5 Å². The predicted octanol–water partition coefficient (Wildman–Crippen LogP) is 2.81. The van der Waals surface area contributed by atoms with Crippen LogP contribution in [-0.2, 0) is 6.18 Å². The fraction of sp³-hybridized carbons (Fsp3) is 0.333. The molecule has 1 unspecified atom stereocenters. The molecule has 0 fully saturated rings. The summed E-state index contributed by atoms with van der Waals surface area (Å²) in [5.74, 6) is 0.365. The van der Waals surface area contributed by atoms with E-state index in [9.17, 15) is 13.2 Å². The summed E-state index contributed by atoms with van der Waals surface area (Å²) in [5.41, 5.74) is 5.82. The predicted molar refractivity (Wildman–Crippen MR) is 63.4 cm³/mol. The van der Waals surface area contributed by atoms with E-state index in [1.807, 2.05) is 6.92 Å². The third-order valence-corrected chi connectivity index (χ3v) is 2.75. The van der Waals surface area contributed by atoms with Crippen LogP contribution in [0.3, 0.4) is 0 Å². The summed E-state index contributed by atoms with van der Waals surface area (Å²) in [6, 6.07) is 5.10. The lowest BCUT2D eigenvalue weighted by atomic mass is 9.93. The highest BCUT2D eigenvalue weighted by Gasteiger charge is 2.31. The number of nitrogens with zero attached hydrogens (tertiary/aromatic N) is 2. The van der Waals surface area contributed by atoms with Crippen LogP contribution in [0.4, 0.5) is 13.2 Å². The molecule has 0 saturated heterocycles. The van der Waals surface area contributed by atoms with Gasteiger partial charge in [-0.15, -0.1) is 5.10 Å². The first kappa shape index (κ1) is 12.6. The molecule has 0 spiro atoms. The highest BCUT2D eigenvalue weighted by molar-refractivity contribution is 6.05. The molecule has 1 aromatic carbocycles. The maximum absolute atomic E-state index is 12.6. The van der Waals surface area contributed by atoms with Crippen LogP contribution in [0.2, 0.25) is 0 Å². The van der Waals surface area contributed by atoms with Gasteiger partial charge in [-0.25, -0.2) is 0 Å². The molecule has 1 aromatic rings. The quantitative estimate of drug-likeness (QED) is 0.824.